The third-order valence-electron chi connectivity index (χ3n) is 2.35. The van der Waals surface area contributed by atoms with E-state index in [9.17, 15) is 0 Å². The van der Waals surface area contributed by atoms with Crippen molar-refractivity contribution in [1.82, 2.24) is 15.0 Å². The Balaban J connectivity index is 2.32. The molecule has 0 unspecified atom stereocenters. The summed E-state index contributed by atoms with van der Waals surface area (Å²) < 4.78 is 6.40. The van der Waals surface area contributed by atoms with Gasteiger partial charge < -0.3 is 15.4 Å². The van der Waals surface area contributed by atoms with E-state index in [0.717, 1.165) is 4.47 Å². The monoisotopic (exact) mass is 371 g/mol. The van der Waals surface area contributed by atoms with Crippen LogP contribution in [-0.4, -0.2) is 28.1 Å². The van der Waals surface area contributed by atoms with E-state index in [1.165, 1.54) is 0 Å². The van der Waals surface area contributed by atoms with E-state index in [4.69, 9.17) is 16.3 Å². The van der Waals surface area contributed by atoms with Gasteiger partial charge in [0, 0.05) is 11.5 Å². The van der Waals surface area contributed by atoms with Gasteiger partial charge in [-0.05, 0) is 32.0 Å². The van der Waals surface area contributed by atoms with E-state index < -0.39 is 0 Å². The fourth-order valence-electron chi connectivity index (χ4n) is 1.50. The van der Waals surface area contributed by atoms with Gasteiger partial charge in [0.15, 0.2) is 0 Å². The number of halogens is 2. The minimum absolute atomic E-state index is 0.0283. The van der Waals surface area contributed by atoms with Gasteiger partial charge in [-0.2, -0.15) is 15.0 Å². The summed E-state index contributed by atoms with van der Waals surface area (Å²) in [6.07, 6.45) is -0.0283. The van der Waals surface area contributed by atoms with Crippen LogP contribution in [0.1, 0.15) is 13.8 Å². The minimum Gasteiger partial charge on any atom is -0.461 e. The predicted octanol–water partition coefficient (Wildman–Crippen LogP) is 3.86. The lowest BCUT2D eigenvalue weighted by Crippen LogP contribution is -2.12. The first-order chi connectivity index (χ1) is 9.97. The fraction of sp³-hybridized carbons (Fsp3) is 0.308. The third kappa shape index (κ3) is 4.44. The summed E-state index contributed by atoms with van der Waals surface area (Å²) in [5.74, 6) is 0.763. The molecular weight excluding hydrogens is 358 g/mol. The van der Waals surface area contributed by atoms with Gasteiger partial charge in [0.25, 0.3) is 0 Å². The van der Waals surface area contributed by atoms with Crippen LogP contribution in [0.3, 0.4) is 0 Å². The molecule has 0 atom stereocenters. The van der Waals surface area contributed by atoms with Crippen molar-refractivity contribution in [3.63, 3.8) is 0 Å². The molecule has 0 aliphatic rings. The minimum atomic E-state index is -0.0283. The van der Waals surface area contributed by atoms with E-state index in [-0.39, 0.29) is 12.1 Å². The summed E-state index contributed by atoms with van der Waals surface area (Å²) in [5.41, 5.74) is 0.690. The topological polar surface area (TPSA) is 72.0 Å². The molecule has 1 aromatic carbocycles. The molecule has 0 fully saturated rings. The average molecular weight is 373 g/mol. The van der Waals surface area contributed by atoms with Crippen LogP contribution < -0.4 is 15.4 Å². The normalized spacial score (nSPS) is 10.6. The molecule has 0 aliphatic heterocycles. The van der Waals surface area contributed by atoms with Gasteiger partial charge in [-0.25, -0.2) is 0 Å². The highest BCUT2D eigenvalue weighted by Gasteiger charge is 2.10. The summed E-state index contributed by atoms with van der Waals surface area (Å²) >= 11 is 9.54. The lowest BCUT2D eigenvalue weighted by atomic mass is 10.3. The van der Waals surface area contributed by atoms with Crippen molar-refractivity contribution in [2.45, 2.75) is 20.0 Å². The first-order valence-electron chi connectivity index (χ1n) is 6.30. The molecule has 2 N–H and O–H groups in total. The molecule has 1 aromatic heterocycles. The Morgan fingerprint density at radius 2 is 1.90 bits per heavy atom. The maximum Gasteiger partial charge on any atom is 0.323 e. The highest BCUT2D eigenvalue weighted by Crippen LogP contribution is 2.28. The summed E-state index contributed by atoms with van der Waals surface area (Å²) in [5, 5.41) is 6.49. The molecule has 0 saturated heterocycles. The third-order valence-corrected chi connectivity index (χ3v) is 3.18. The van der Waals surface area contributed by atoms with Crippen molar-refractivity contribution in [3.8, 4) is 6.01 Å². The largest absolute Gasteiger partial charge is 0.461 e. The first kappa shape index (κ1) is 15.8. The van der Waals surface area contributed by atoms with Crippen LogP contribution in [0.5, 0.6) is 6.01 Å². The Bertz CT molecular complexity index is 638. The molecule has 0 saturated carbocycles. The molecule has 6 nitrogen and oxygen atoms in total. The molecule has 8 heteroatoms. The van der Waals surface area contributed by atoms with Crippen LogP contribution in [0.4, 0.5) is 17.6 Å². The van der Waals surface area contributed by atoms with Crippen LogP contribution in [-0.2, 0) is 0 Å². The van der Waals surface area contributed by atoms with Crippen LogP contribution in [0.2, 0.25) is 5.02 Å². The average Bonchev–Trinajstić information content (AvgIpc) is 2.42. The van der Waals surface area contributed by atoms with Gasteiger partial charge in [-0.3, -0.25) is 0 Å². The van der Waals surface area contributed by atoms with E-state index in [0.29, 0.717) is 22.6 Å². The van der Waals surface area contributed by atoms with E-state index in [1.54, 1.807) is 13.1 Å². The van der Waals surface area contributed by atoms with Gasteiger partial charge >= 0.3 is 6.01 Å². The molecule has 112 valence electrons. The van der Waals surface area contributed by atoms with Crippen molar-refractivity contribution in [1.29, 1.82) is 0 Å². The zero-order valence-corrected chi connectivity index (χ0v) is 14.2. The molecule has 2 aromatic rings. The summed E-state index contributed by atoms with van der Waals surface area (Å²) in [4.78, 5) is 12.6. The summed E-state index contributed by atoms with van der Waals surface area (Å²) in [6, 6.07) is 5.72. The molecule has 1 heterocycles. The van der Waals surface area contributed by atoms with Crippen molar-refractivity contribution in [2.24, 2.45) is 0 Å². The maximum absolute atomic E-state index is 6.14. The molecule has 2 rings (SSSR count). The zero-order valence-electron chi connectivity index (χ0n) is 11.8. The van der Waals surface area contributed by atoms with Gasteiger partial charge in [0.2, 0.25) is 11.9 Å². The second-order valence-electron chi connectivity index (χ2n) is 4.43. The molecule has 0 amide bonds. The molecular formula is C13H15BrClN5O. The van der Waals surface area contributed by atoms with Crippen LogP contribution in [0, 0.1) is 0 Å². The van der Waals surface area contributed by atoms with Crippen LogP contribution in [0.15, 0.2) is 22.7 Å². The van der Waals surface area contributed by atoms with Crippen LogP contribution >= 0.6 is 27.5 Å². The van der Waals surface area contributed by atoms with Gasteiger partial charge in [-0.15, -0.1) is 0 Å². The Labute approximate surface area is 136 Å². The number of anilines is 3. The Kier molecular flexibility index (Phi) is 5.19. The van der Waals surface area contributed by atoms with E-state index in [1.807, 2.05) is 26.0 Å². The van der Waals surface area contributed by atoms with Crippen molar-refractivity contribution >= 4 is 45.1 Å². The Morgan fingerprint density at radius 3 is 2.57 bits per heavy atom. The number of ether oxygens (including phenoxy) is 1. The Hall–Kier alpha value is -1.60. The van der Waals surface area contributed by atoms with Crippen molar-refractivity contribution in [2.75, 3.05) is 17.7 Å². The lowest BCUT2D eigenvalue weighted by Gasteiger charge is -2.12. The fourth-order valence-corrected chi connectivity index (χ4v) is 2.03. The Morgan fingerprint density at radius 1 is 1.19 bits per heavy atom. The van der Waals surface area contributed by atoms with Crippen LogP contribution in [0.25, 0.3) is 0 Å². The highest BCUT2D eigenvalue weighted by molar-refractivity contribution is 9.10. The maximum atomic E-state index is 6.14. The van der Waals surface area contributed by atoms with Crippen molar-refractivity contribution < 1.29 is 4.74 Å². The molecule has 0 spiro atoms. The SMILES string of the molecule is CNc1nc(Nc2cc(Br)ccc2Cl)nc(OC(C)C)n1. The summed E-state index contributed by atoms with van der Waals surface area (Å²) in [6.45, 7) is 3.81. The molecule has 0 aliphatic carbocycles. The second-order valence-corrected chi connectivity index (χ2v) is 5.75. The van der Waals surface area contributed by atoms with E-state index >= 15 is 0 Å². The number of aromatic nitrogens is 3. The molecule has 21 heavy (non-hydrogen) atoms. The standard InChI is InChI=1S/C13H15BrClN5O/c1-7(2)21-13-19-11(16-3)18-12(20-13)17-10-6-8(14)4-5-9(10)15/h4-7H,1-3H3,(H2,16,17,18,19,20). The lowest BCUT2D eigenvalue weighted by molar-refractivity contribution is 0.222. The smallest absolute Gasteiger partial charge is 0.323 e. The number of benzene rings is 1. The van der Waals surface area contributed by atoms with E-state index in [2.05, 4.69) is 41.5 Å². The second kappa shape index (κ2) is 6.91. The highest BCUT2D eigenvalue weighted by atomic mass is 79.9. The number of nitrogens with zero attached hydrogens (tertiary/aromatic N) is 3. The number of hydrogen-bond acceptors (Lipinski definition) is 6. The first-order valence-corrected chi connectivity index (χ1v) is 7.47. The zero-order chi connectivity index (χ0) is 15.4. The number of hydrogen-bond donors (Lipinski definition) is 2. The van der Waals surface area contributed by atoms with Gasteiger partial charge in [0.1, 0.15) is 0 Å². The van der Waals surface area contributed by atoms with Crippen molar-refractivity contribution in [3.05, 3.63) is 27.7 Å². The van der Waals surface area contributed by atoms with Gasteiger partial charge in [0.05, 0.1) is 16.8 Å². The molecule has 0 radical (unpaired) electrons. The predicted molar refractivity (Wildman–Crippen MR) is 87.6 cm³/mol. The summed E-state index contributed by atoms with van der Waals surface area (Å²) in [7, 11) is 1.73. The number of rotatable bonds is 5. The van der Waals surface area contributed by atoms with Gasteiger partial charge in [-0.1, -0.05) is 27.5 Å². The molecule has 0 bridgehead atoms. The quantitative estimate of drug-likeness (QED) is 0.830. The number of nitrogens with one attached hydrogen (secondary N) is 2.